The van der Waals surface area contributed by atoms with E-state index in [-0.39, 0.29) is 11.8 Å². The highest BCUT2D eigenvalue weighted by Crippen LogP contribution is 2.29. The monoisotopic (exact) mass is 323 g/mol. The third-order valence-corrected chi connectivity index (χ3v) is 4.55. The van der Waals surface area contributed by atoms with E-state index in [0.717, 1.165) is 60.7 Å². The fraction of sp³-hybridized carbons (Fsp3) is 0.389. The van der Waals surface area contributed by atoms with Crippen LogP contribution >= 0.6 is 0 Å². The first kappa shape index (κ1) is 14.9. The largest absolute Gasteiger partial charge is 0.382 e. The lowest BCUT2D eigenvalue weighted by atomic mass is 10.2. The molecule has 0 spiro atoms. The summed E-state index contributed by atoms with van der Waals surface area (Å²) in [7, 11) is 0. The maximum absolute atomic E-state index is 11.6. The number of rotatable bonds is 6. The Bertz CT molecular complexity index is 897. The predicted molar refractivity (Wildman–Crippen MR) is 94.4 cm³/mol. The van der Waals surface area contributed by atoms with Gasteiger partial charge >= 0.3 is 0 Å². The molecule has 4 rings (SSSR count). The van der Waals surface area contributed by atoms with E-state index in [2.05, 4.69) is 25.9 Å². The number of aromatic nitrogens is 3. The van der Waals surface area contributed by atoms with Gasteiger partial charge in [-0.15, -0.1) is 0 Å². The smallest absolute Gasteiger partial charge is 0.223 e. The summed E-state index contributed by atoms with van der Waals surface area (Å²) < 4.78 is 2.14. The number of amides is 1. The molecule has 0 bridgehead atoms. The van der Waals surface area contributed by atoms with Gasteiger partial charge < -0.3 is 15.6 Å². The Hall–Kier alpha value is -2.63. The minimum absolute atomic E-state index is 0.216. The van der Waals surface area contributed by atoms with Crippen LogP contribution in [0.25, 0.3) is 21.9 Å². The quantitative estimate of drug-likeness (QED) is 0.682. The molecule has 0 atom stereocenters. The molecule has 24 heavy (non-hydrogen) atoms. The van der Waals surface area contributed by atoms with Crippen molar-refractivity contribution in [3.05, 3.63) is 30.6 Å². The molecule has 0 aliphatic heterocycles. The van der Waals surface area contributed by atoms with Crippen molar-refractivity contribution in [1.29, 1.82) is 0 Å². The molecule has 1 saturated carbocycles. The Morgan fingerprint density at radius 1 is 1.29 bits per heavy atom. The van der Waals surface area contributed by atoms with Gasteiger partial charge in [0.05, 0.1) is 17.4 Å². The number of pyridine rings is 1. The maximum atomic E-state index is 11.6. The number of fused-ring (bicyclic) bond motifs is 3. The van der Waals surface area contributed by atoms with Gasteiger partial charge in [-0.25, -0.2) is 9.97 Å². The van der Waals surface area contributed by atoms with E-state index in [9.17, 15) is 4.79 Å². The molecule has 0 saturated heterocycles. The van der Waals surface area contributed by atoms with E-state index in [1.54, 1.807) is 0 Å². The number of aryl methyl sites for hydroxylation is 1. The topological polar surface area (TPSA) is 85.8 Å². The fourth-order valence-electron chi connectivity index (χ4n) is 3.08. The highest BCUT2D eigenvalue weighted by atomic mass is 16.2. The molecule has 2 heterocycles. The van der Waals surface area contributed by atoms with E-state index in [4.69, 9.17) is 5.73 Å². The number of carbonyl (C=O) groups is 1. The number of hydrogen-bond acceptors (Lipinski definition) is 4. The molecule has 0 unspecified atom stereocenters. The van der Waals surface area contributed by atoms with E-state index < -0.39 is 0 Å². The maximum Gasteiger partial charge on any atom is 0.223 e. The van der Waals surface area contributed by atoms with Gasteiger partial charge in [0.25, 0.3) is 0 Å². The van der Waals surface area contributed by atoms with E-state index >= 15 is 0 Å². The third kappa shape index (κ3) is 2.79. The summed E-state index contributed by atoms with van der Waals surface area (Å²) in [4.78, 5) is 20.5. The minimum atomic E-state index is 0.216. The summed E-state index contributed by atoms with van der Waals surface area (Å²) in [6.45, 7) is 1.59. The van der Waals surface area contributed by atoms with Crippen molar-refractivity contribution >= 4 is 33.7 Å². The molecule has 1 aromatic carbocycles. The number of para-hydroxylation sites is 1. The van der Waals surface area contributed by atoms with E-state index in [0.29, 0.717) is 5.82 Å². The number of nitrogens with zero attached hydrogens (tertiary/aromatic N) is 3. The lowest BCUT2D eigenvalue weighted by Gasteiger charge is -2.08. The lowest BCUT2D eigenvalue weighted by Crippen LogP contribution is -2.25. The van der Waals surface area contributed by atoms with Crippen LogP contribution in [0, 0.1) is 5.92 Å². The SMILES string of the molecule is Nc1nc2ccccc2c2c1ncn2CCCCNC(=O)C1CC1. The molecule has 3 N–H and O–H groups in total. The van der Waals surface area contributed by atoms with E-state index in [1.165, 1.54) is 0 Å². The Morgan fingerprint density at radius 3 is 2.96 bits per heavy atom. The first-order valence-electron chi connectivity index (χ1n) is 8.51. The first-order valence-corrected chi connectivity index (χ1v) is 8.51. The Kier molecular flexibility index (Phi) is 3.80. The van der Waals surface area contributed by atoms with Gasteiger partial charge in [0.15, 0.2) is 5.82 Å². The number of anilines is 1. The first-order chi connectivity index (χ1) is 11.7. The number of nitrogens with two attached hydrogens (primary N) is 1. The molecular formula is C18H21N5O. The van der Waals surface area contributed by atoms with Gasteiger partial charge in [-0.1, -0.05) is 18.2 Å². The molecule has 2 aromatic heterocycles. The molecule has 1 aliphatic carbocycles. The van der Waals surface area contributed by atoms with Crippen LogP contribution in [0.2, 0.25) is 0 Å². The summed E-state index contributed by atoms with van der Waals surface area (Å²) in [6.07, 6.45) is 5.87. The molecule has 0 radical (unpaired) electrons. The average molecular weight is 323 g/mol. The van der Waals surface area contributed by atoms with Crippen molar-refractivity contribution in [3.63, 3.8) is 0 Å². The Morgan fingerprint density at radius 2 is 2.12 bits per heavy atom. The van der Waals surface area contributed by atoms with Crippen molar-refractivity contribution in [2.24, 2.45) is 5.92 Å². The van der Waals surface area contributed by atoms with Crippen molar-refractivity contribution in [2.75, 3.05) is 12.3 Å². The normalized spacial score (nSPS) is 14.3. The zero-order valence-corrected chi connectivity index (χ0v) is 13.5. The molecular weight excluding hydrogens is 302 g/mol. The molecule has 1 aliphatic rings. The van der Waals surface area contributed by atoms with Crippen LogP contribution in [0.3, 0.4) is 0 Å². The molecule has 124 valence electrons. The summed E-state index contributed by atoms with van der Waals surface area (Å²) in [6, 6.07) is 7.99. The zero-order valence-electron chi connectivity index (χ0n) is 13.5. The van der Waals surface area contributed by atoms with Crippen LogP contribution in [-0.2, 0) is 11.3 Å². The summed E-state index contributed by atoms with van der Waals surface area (Å²) >= 11 is 0. The van der Waals surface area contributed by atoms with Crippen LogP contribution in [0.4, 0.5) is 5.82 Å². The third-order valence-electron chi connectivity index (χ3n) is 4.55. The Balaban J connectivity index is 1.47. The minimum Gasteiger partial charge on any atom is -0.382 e. The van der Waals surface area contributed by atoms with E-state index in [1.807, 2.05) is 24.5 Å². The van der Waals surface area contributed by atoms with Gasteiger partial charge in [0, 0.05) is 24.4 Å². The second-order valence-electron chi connectivity index (χ2n) is 6.42. The highest BCUT2D eigenvalue weighted by Gasteiger charge is 2.28. The molecule has 1 fully saturated rings. The number of nitrogen functional groups attached to an aromatic ring is 1. The van der Waals surface area contributed by atoms with Crippen LogP contribution in [-0.4, -0.2) is 27.0 Å². The Labute approximate surface area is 140 Å². The van der Waals surface area contributed by atoms with Crippen molar-refractivity contribution in [2.45, 2.75) is 32.2 Å². The number of benzene rings is 1. The summed E-state index contributed by atoms with van der Waals surface area (Å²) in [5.74, 6) is 0.969. The van der Waals surface area contributed by atoms with Gasteiger partial charge in [-0.2, -0.15) is 0 Å². The van der Waals surface area contributed by atoms with Crippen LogP contribution in [0.15, 0.2) is 30.6 Å². The summed E-state index contributed by atoms with van der Waals surface area (Å²) in [5.41, 5.74) is 8.74. The van der Waals surface area contributed by atoms with Gasteiger partial charge in [-0.05, 0) is 31.7 Å². The molecule has 6 nitrogen and oxygen atoms in total. The lowest BCUT2D eigenvalue weighted by molar-refractivity contribution is -0.122. The molecule has 3 aromatic rings. The second-order valence-corrected chi connectivity index (χ2v) is 6.42. The number of nitrogens with one attached hydrogen (secondary N) is 1. The average Bonchev–Trinajstić information content (AvgIpc) is 3.35. The standard InChI is InChI=1S/C18H21N5O/c19-17-15-16(13-5-1-2-6-14(13)22-17)23(11-21-15)10-4-3-9-20-18(24)12-7-8-12/h1-2,5-6,11-12H,3-4,7-10H2,(H2,19,22)(H,20,24). The molecule has 1 amide bonds. The van der Waals surface area contributed by atoms with Crippen molar-refractivity contribution in [3.8, 4) is 0 Å². The van der Waals surface area contributed by atoms with Crippen LogP contribution in [0.1, 0.15) is 25.7 Å². The summed E-state index contributed by atoms with van der Waals surface area (Å²) in [5, 5.41) is 4.08. The fourth-order valence-corrected chi connectivity index (χ4v) is 3.08. The molecule has 6 heteroatoms. The van der Waals surface area contributed by atoms with Crippen LogP contribution in [0.5, 0.6) is 0 Å². The predicted octanol–water partition coefficient (Wildman–Crippen LogP) is 2.47. The number of imidazole rings is 1. The second kappa shape index (κ2) is 6.11. The number of hydrogen-bond donors (Lipinski definition) is 2. The van der Waals surface area contributed by atoms with Gasteiger partial charge in [-0.3, -0.25) is 4.79 Å². The van der Waals surface area contributed by atoms with Gasteiger partial charge in [0.2, 0.25) is 5.91 Å². The number of unbranched alkanes of at least 4 members (excludes halogenated alkanes) is 1. The van der Waals surface area contributed by atoms with Gasteiger partial charge in [0.1, 0.15) is 5.52 Å². The van der Waals surface area contributed by atoms with Crippen molar-refractivity contribution in [1.82, 2.24) is 19.9 Å². The number of carbonyl (C=O) groups excluding carboxylic acids is 1. The highest BCUT2D eigenvalue weighted by molar-refractivity contribution is 6.06. The van der Waals surface area contributed by atoms with Crippen molar-refractivity contribution < 1.29 is 4.79 Å². The zero-order chi connectivity index (χ0) is 16.5. The van der Waals surface area contributed by atoms with Crippen LogP contribution < -0.4 is 11.1 Å².